The molecule has 0 bridgehead atoms. The van der Waals surface area contributed by atoms with Gasteiger partial charge in [0.1, 0.15) is 10.4 Å². The van der Waals surface area contributed by atoms with E-state index in [2.05, 4.69) is 4.98 Å². The van der Waals surface area contributed by atoms with Crippen LogP contribution in [0.3, 0.4) is 0 Å². The molecule has 0 radical (unpaired) electrons. The first-order valence-corrected chi connectivity index (χ1v) is 7.82. The number of hydrogen-bond acceptors (Lipinski definition) is 5. The quantitative estimate of drug-likeness (QED) is 0.775. The lowest BCUT2D eigenvalue weighted by Crippen LogP contribution is -2.23. The van der Waals surface area contributed by atoms with Crippen molar-refractivity contribution >= 4 is 27.5 Å². The van der Waals surface area contributed by atoms with Crippen LogP contribution in [-0.4, -0.2) is 22.6 Å². The van der Waals surface area contributed by atoms with Gasteiger partial charge in [0.2, 0.25) is 5.91 Å². The van der Waals surface area contributed by atoms with E-state index in [1.54, 1.807) is 7.11 Å². The topological polar surface area (TPSA) is 87.2 Å². The second kappa shape index (κ2) is 6.21. The van der Waals surface area contributed by atoms with Gasteiger partial charge in [-0.25, -0.2) is 4.98 Å². The number of amides is 1. The first-order chi connectivity index (χ1) is 11.1. The van der Waals surface area contributed by atoms with E-state index in [0.29, 0.717) is 10.2 Å². The number of nitrogens with zero attached hydrogens (tertiary/aromatic N) is 2. The third kappa shape index (κ3) is 3.09. The Hall–Kier alpha value is -2.67. The van der Waals surface area contributed by atoms with Gasteiger partial charge in [0, 0.05) is 17.8 Å². The molecule has 0 saturated heterocycles. The van der Waals surface area contributed by atoms with Gasteiger partial charge in [-0.3, -0.25) is 14.2 Å². The average Bonchev–Trinajstić information content (AvgIpc) is 2.99. The summed E-state index contributed by atoms with van der Waals surface area (Å²) >= 11 is 1.39. The van der Waals surface area contributed by atoms with E-state index in [0.717, 1.165) is 16.2 Å². The molecule has 0 atom stereocenters. The van der Waals surface area contributed by atoms with Gasteiger partial charge in [0.05, 0.1) is 19.0 Å². The smallest absolute Gasteiger partial charge is 0.271 e. The molecule has 3 aromatic rings. The number of hydrogen-bond donors (Lipinski definition) is 1. The van der Waals surface area contributed by atoms with Crippen LogP contribution in [0.4, 0.5) is 0 Å². The van der Waals surface area contributed by atoms with Crippen LogP contribution in [0.25, 0.3) is 20.7 Å². The van der Waals surface area contributed by atoms with E-state index in [9.17, 15) is 9.59 Å². The number of benzene rings is 1. The summed E-state index contributed by atoms with van der Waals surface area (Å²) < 4.78 is 7.14. The van der Waals surface area contributed by atoms with Crippen LogP contribution in [-0.2, 0) is 11.3 Å². The summed E-state index contributed by atoms with van der Waals surface area (Å²) in [6.07, 6.45) is 1.57. The van der Waals surface area contributed by atoms with E-state index >= 15 is 0 Å². The average molecular weight is 329 g/mol. The van der Waals surface area contributed by atoms with Crippen LogP contribution in [0, 0.1) is 0 Å². The van der Waals surface area contributed by atoms with Crippen molar-refractivity contribution in [3.8, 4) is 16.2 Å². The van der Waals surface area contributed by atoms with Crippen molar-refractivity contribution in [3.05, 3.63) is 47.0 Å². The highest BCUT2D eigenvalue weighted by atomic mass is 32.1. The monoisotopic (exact) mass is 329 g/mol. The summed E-state index contributed by atoms with van der Waals surface area (Å²) in [5, 5.41) is 0. The minimum atomic E-state index is -0.443. The molecule has 2 N–H and O–H groups in total. The van der Waals surface area contributed by atoms with Crippen molar-refractivity contribution in [2.75, 3.05) is 7.11 Å². The van der Waals surface area contributed by atoms with Crippen molar-refractivity contribution in [2.24, 2.45) is 5.73 Å². The number of fused-ring (bicyclic) bond motifs is 1. The number of aryl methyl sites for hydroxylation is 1. The molecule has 6 nitrogen and oxygen atoms in total. The number of aromatic nitrogens is 2. The Labute approximate surface area is 136 Å². The van der Waals surface area contributed by atoms with Gasteiger partial charge in [-0.15, -0.1) is 11.3 Å². The summed E-state index contributed by atoms with van der Waals surface area (Å²) in [7, 11) is 1.62. The highest BCUT2D eigenvalue weighted by Gasteiger charge is 2.11. The lowest BCUT2D eigenvalue weighted by Gasteiger charge is -2.02. The van der Waals surface area contributed by atoms with Gasteiger partial charge in [0.15, 0.2) is 0 Å². The number of primary amides is 1. The van der Waals surface area contributed by atoms with Gasteiger partial charge < -0.3 is 10.5 Å². The number of rotatable bonds is 5. The second-order valence-electron chi connectivity index (χ2n) is 5.01. The van der Waals surface area contributed by atoms with Crippen LogP contribution >= 0.6 is 11.3 Å². The fourth-order valence-electron chi connectivity index (χ4n) is 2.23. The standard InChI is InChI=1S/C16H15N3O3S/c1-22-11-4-2-10(3-5-11)13-8-12-15(23-13)16(21)19(9-18-12)7-6-14(17)20/h2-5,8-9H,6-7H2,1H3,(H2,17,20). The molecule has 0 aliphatic heterocycles. The highest BCUT2D eigenvalue weighted by molar-refractivity contribution is 7.22. The third-order valence-corrected chi connectivity index (χ3v) is 4.64. The summed E-state index contributed by atoms with van der Waals surface area (Å²) in [5.41, 5.74) is 6.62. The first kappa shape index (κ1) is 15.2. The zero-order valence-corrected chi connectivity index (χ0v) is 13.3. The number of ether oxygens (including phenoxy) is 1. The summed E-state index contributed by atoms with van der Waals surface area (Å²) in [6.45, 7) is 0.243. The Balaban J connectivity index is 1.99. The Bertz CT molecular complexity index is 912. The fraction of sp³-hybridized carbons (Fsp3) is 0.188. The van der Waals surface area contributed by atoms with Crippen LogP contribution < -0.4 is 16.0 Å². The predicted octanol–water partition coefficient (Wildman–Crippen LogP) is 2.01. The SMILES string of the molecule is COc1ccc(-c2cc3ncn(CCC(N)=O)c(=O)c3s2)cc1. The normalized spacial score (nSPS) is 10.8. The van der Waals surface area contributed by atoms with Gasteiger partial charge in [-0.1, -0.05) is 0 Å². The Morgan fingerprint density at radius 3 is 2.74 bits per heavy atom. The Kier molecular flexibility index (Phi) is 4.12. The maximum atomic E-state index is 12.4. The molecule has 2 aromatic heterocycles. The van der Waals surface area contributed by atoms with Gasteiger partial charge in [-0.05, 0) is 35.9 Å². The van der Waals surface area contributed by atoms with E-state index in [1.807, 2.05) is 30.3 Å². The van der Waals surface area contributed by atoms with Gasteiger partial charge in [0.25, 0.3) is 5.56 Å². The lowest BCUT2D eigenvalue weighted by atomic mass is 10.2. The van der Waals surface area contributed by atoms with Gasteiger partial charge >= 0.3 is 0 Å². The highest BCUT2D eigenvalue weighted by Crippen LogP contribution is 2.31. The molecule has 0 unspecified atom stereocenters. The third-order valence-electron chi connectivity index (χ3n) is 3.48. The second-order valence-corrected chi connectivity index (χ2v) is 6.07. The van der Waals surface area contributed by atoms with Crippen LogP contribution in [0.1, 0.15) is 6.42 Å². The first-order valence-electron chi connectivity index (χ1n) is 7.00. The number of methoxy groups -OCH3 is 1. The number of thiophene rings is 1. The Morgan fingerprint density at radius 2 is 2.09 bits per heavy atom. The molecule has 1 aromatic carbocycles. The molecule has 23 heavy (non-hydrogen) atoms. The van der Waals surface area contributed by atoms with E-state index < -0.39 is 5.91 Å². The fourth-order valence-corrected chi connectivity index (χ4v) is 3.30. The van der Waals surface area contributed by atoms with Crippen LogP contribution in [0.5, 0.6) is 5.75 Å². The zero-order valence-electron chi connectivity index (χ0n) is 12.5. The largest absolute Gasteiger partial charge is 0.497 e. The van der Waals surface area contributed by atoms with Gasteiger partial charge in [-0.2, -0.15) is 0 Å². The molecule has 7 heteroatoms. The van der Waals surface area contributed by atoms with E-state index in [4.69, 9.17) is 10.5 Å². The van der Waals surface area contributed by atoms with E-state index in [1.165, 1.54) is 22.2 Å². The predicted molar refractivity (Wildman–Crippen MR) is 89.7 cm³/mol. The molecule has 0 aliphatic carbocycles. The minimum absolute atomic E-state index is 0.115. The zero-order chi connectivity index (χ0) is 16.4. The molecule has 1 amide bonds. The molecule has 0 spiro atoms. The van der Waals surface area contributed by atoms with Crippen molar-refractivity contribution < 1.29 is 9.53 Å². The molecule has 0 fully saturated rings. The van der Waals surface area contributed by atoms with E-state index in [-0.39, 0.29) is 18.5 Å². The summed E-state index contributed by atoms with van der Waals surface area (Å²) in [5.74, 6) is 0.337. The molecule has 0 saturated carbocycles. The maximum absolute atomic E-state index is 12.4. The Morgan fingerprint density at radius 1 is 1.35 bits per heavy atom. The molecule has 3 rings (SSSR count). The van der Waals surface area contributed by atoms with Crippen molar-refractivity contribution in [1.29, 1.82) is 0 Å². The molecular formula is C16H15N3O3S. The number of carbonyl (C=O) groups excluding carboxylic acids is 1. The molecule has 118 valence electrons. The molecule has 2 heterocycles. The maximum Gasteiger partial charge on any atom is 0.271 e. The minimum Gasteiger partial charge on any atom is -0.497 e. The summed E-state index contributed by atoms with van der Waals surface area (Å²) in [4.78, 5) is 28.6. The number of nitrogens with two attached hydrogens (primary N) is 1. The van der Waals surface area contributed by atoms with Crippen molar-refractivity contribution in [3.63, 3.8) is 0 Å². The van der Waals surface area contributed by atoms with Crippen LogP contribution in [0.15, 0.2) is 41.5 Å². The van der Waals surface area contributed by atoms with Crippen molar-refractivity contribution in [2.45, 2.75) is 13.0 Å². The molecular weight excluding hydrogens is 314 g/mol. The van der Waals surface area contributed by atoms with Crippen molar-refractivity contribution in [1.82, 2.24) is 9.55 Å². The number of carbonyl (C=O) groups is 1. The lowest BCUT2D eigenvalue weighted by molar-refractivity contribution is -0.118. The van der Waals surface area contributed by atoms with Crippen LogP contribution in [0.2, 0.25) is 0 Å². The molecule has 0 aliphatic rings. The summed E-state index contributed by atoms with van der Waals surface area (Å²) in [6, 6.07) is 9.52.